The van der Waals surface area contributed by atoms with E-state index >= 15 is 0 Å². The van der Waals surface area contributed by atoms with E-state index in [2.05, 4.69) is 17.3 Å². The number of pyridine rings is 1. The van der Waals surface area contributed by atoms with Crippen LogP contribution >= 0.6 is 23.2 Å². The summed E-state index contributed by atoms with van der Waals surface area (Å²) in [6.07, 6.45) is 4.69. The minimum absolute atomic E-state index is 0.00489. The fourth-order valence-corrected chi connectivity index (χ4v) is 1.90. The van der Waals surface area contributed by atoms with Crippen LogP contribution in [-0.2, 0) is 0 Å². The number of nitrogens with two attached hydrogens (primary N) is 1. The molecule has 0 fully saturated rings. The Morgan fingerprint density at radius 2 is 2.27 bits per heavy atom. The van der Waals surface area contributed by atoms with Crippen LogP contribution in [0.4, 0.5) is 0 Å². The van der Waals surface area contributed by atoms with Gasteiger partial charge >= 0.3 is 0 Å². The van der Waals surface area contributed by atoms with Gasteiger partial charge in [-0.3, -0.25) is 16.3 Å². The third-order valence-electron chi connectivity index (χ3n) is 2.21. The highest BCUT2D eigenvalue weighted by atomic mass is 35.5. The van der Waals surface area contributed by atoms with Gasteiger partial charge in [-0.15, -0.1) is 0 Å². The molecule has 0 radical (unpaired) electrons. The lowest BCUT2D eigenvalue weighted by Gasteiger charge is -2.16. The molecule has 84 valence electrons. The fraction of sp³-hybridized carbons (Fsp3) is 0.500. The lowest BCUT2D eigenvalue weighted by Crippen LogP contribution is -2.28. The Balaban J connectivity index is 2.81. The summed E-state index contributed by atoms with van der Waals surface area (Å²) in [4.78, 5) is 4.20. The third-order valence-corrected chi connectivity index (χ3v) is 2.72. The predicted octanol–water partition coefficient (Wildman–Crippen LogP) is 3.08. The summed E-state index contributed by atoms with van der Waals surface area (Å²) in [7, 11) is 0. The molecule has 0 aliphatic carbocycles. The summed E-state index contributed by atoms with van der Waals surface area (Å²) in [6.45, 7) is 2.13. The molecule has 1 aromatic heterocycles. The summed E-state index contributed by atoms with van der Waals surface area (Å²) in [5.74, 6) is 5.47. The van der Waals surface area contributed by atoms with Crippen LogP contribution in [0.5, 0.6) is 0 Å². The molecule has 0 spiro atoms. The smallest absolute Gasteiger partial charge is 0.0773 e. The summed E-state index contributed by atoms with van der Waals surface area (Å²) < 4.78 is 0. The van der Waals surface area contributed by atoms with E-state index in [4.69, 9.17) is 29.0 Å². The molecule has 3 nitrogen and oxygen atoms in total. The van der Waals surface area contributed by atoms with Crippen LogP contribution in [-0.4, -0.2) is 4.98 Å². The Bertz CT molecular complexity index is 318. The second-order valence-corrected chi connectivity index (χ2v) is 4.23. The average Bonchev–Trinajstić information content (AvgIpc) is 2.21. The fourth-order valence-electron chi connectivity index (χ4n) is 1.39. The van der Waals surface area contributed by atoms with Crippen LogP contribution < -0.4 is 11.3 Å². The molecule has 15 heavy (non-hydrogen) atoms. The van der Waals surface area contributed by atoms with Crippen LogP contribution in [0.25, 0.3) is 0 Å². The molecule has 0 saturated heterocycles. The number of hydrogen-bond acceptors (Lipinski definition) is 3. The van der Waals surface area contributed by atoms with E-state index in [9.17, 15) is 0 Å². The lowest BCUT2D eigenvalue weighted by atomic mass is 10.1. The normalized spacial score (nSPS) is 12.8. The van der Waals surface area contributed by atoms with Crippen molar-refractivity contribution in [2.24, 2.45) is 5.84 Å². The van der Waals surface area contributed by atoms with Gasteiger partial charge in [0.25, 0.3) is 0 Å². The van der Waals surface area contributed by atoms with Crippen molar-refractivity contribution in [3.05, 3.63) is 28.0 Å². The van der Waals surface area contributed by atoms with E-state index in [0.717, 1.165) is 25.0 Å². The van der Waals surface area contributed by atoms with Crippen molar-refractivity contribution < 1.29 is 0 Å². The molecule has 3 N–H and O–H groups in total. The maximum absolute atomic E-state index is 6.04. The molecule has 1 rings (SSSR count). The van der Waals surface area contributed by atoms with Gasteiger partial charge in [-0.2, -0.15) is 0 Å². The SMILES string of the molecule is CCCCC(NN)c1ncc(Cl)cc1Cl. The van der Waals surface area contributed by atoms with Gasteiger partial charge in [0.05, 0.1) is 21.8 Å². The zero-order valence-electron chi connectivity index (χ0n) is 8.63. The Labute approximate surface area is 99.9 Å². The largest absolute Gasteiger partial charge is 0.271 e. The number of rotatable bonds is 5. The van der Waals surface area contributed by atoms with Gasteiger partial charge in [-0.1, -0.05) is 43.0 Å². The first kappa shape index (κ1) is 12.7. The zero-order chi connectivity index (χ0) is 11.3. The van der Waals surface area contributed by atoms with Crippen LogP contribution in [0.3, 0.4) is 0 Å². The number of nitrogens with one attached hydrogen (secondary N) is 1. The highest BCUT2D eigenvalue weighted by molar-refractivity contribution is 6.34. The second kappa shape index (κ2) is 6.28. The standard InChI is InChI=1S/C10H15Cl2N3/c1-2-3-4-9(15-13)10-8(12)5-7(11)6-14-10/h5-6,9,15H,2-4,13H2,1H3. The van der Waals surface area contributed by atoms with Gasteiger partial charge in [0, 0.05) is 6.20 Å². The molecule has 1 atom stereocenters. The summed E-state index contributed by atoms with van der Waals surface area (Å²) in [5.41, 5.74) is 3.48. The Morgan fingerprint density at radius 1 is 1.53 bits per heavy atom. The molecule has 5 heteroatoms. The van der Waals surface area contributed by atoms with Gasteiger partial charge in [0.2, 0.25) is 0 Å². The Kier molecular flexibility index (Phi) is 5.32. The van der Waals surface area contributed by atoms with Crippen molar-refractivity contribution in [2.45, 2.75) is 32.2 Å². The van der Waals surface area contributed by atoms with Crippen molar-refractivity contribution in [2.75, 3.05) is 0 Å². The highest BCUT2D eigenvalue weighted by Crippen LogP contribution is 2.26. The average molecular weight is 248 g/mol. The van der Waals surface area contributed by atoms with Gasteiger partial charge in [-0.05, 0) is 12.5 Å². The minimum atomic E-state index is -0.00489. The topological polar surface area (TPSA) is 50.9 Å². The maximum Gasteiger partial charge on any atom is 0.0773 e. The molecule has 0 saturated carbocycles. The number of halogens is 2. The van der Waals surface area contributed by atoms with Gasteiger partial charge in [-0.25, -0.2) is 0 Å². The second-order valence-electron chi connectivity index (χ2n) is 3.38. The van der Waals surface area contributed by atoms with Crippen LogP contribution in [0.2, 0.25) is 10.0 Å². The molecule has 0 aliphatic rings. The van der Waals surface area contributed by atoms with Gasteiger partial charge in [0.15, 0.2) is 0 Å². The molecule has 0 amide bonds. The Hall–Kier alpha value is -0.350. The predicted molar refractivity (Wildman–Crippen MR) is 63.8 cm³/mol. The monoisotopic (exact) mass is 247 g/mol. The van der Waals surface area contributed by atoms with Crippen LogP contribution in [0, 0.1) is 0 Å². The number of nitrogens with zero attached hydrogens (tertiary/aromatic N) is 1. The highest BCUT2D eigenvalue weighted by Gasteiger charge is 2.14. The molecular weight excluding hydrogens is 233 g/mol. The van der Waals surface area contributed by atoms with Crippen LogP contribution in [0.1, 0.15) is 37.9 Å². The van der Waals surface area contributed by atoms with E-state index in [1.807, 2.05) is 0 Å². The number of aromatic nitrogens is 1. The van der Waals surface area contributed by atoms with Gasteiger partial charge < -0.3 is 0 Å². The summed E-state index contributed by atoms with van der Waals surface area (Å²) in [6, 6.07) is 1.68. The van der Waals surface area contributed by atoms with Crippen molar-refractivity contribution in [3.63, 3.8) is 0 Å². The van der Waals surface area contributed by atoms with Crippen molar-refractivity contribution in [3.8, 4) is 0 Å². The van der Waals surface area contributed by atoms with E-state index in [-0.39, 0.29) is 6.04 Å². The maximum atomic E-state index is 6.04. The number of hydrogen-bond donors (Lipinski definition) is 2. The van der Waals surface area contributed by atoms with Gasteiger partial charge in [0.1, 0.15) is 0 Å². The van der Waals surface area contributed by atoms with Crippen molar-refractivity contribution in [1.82, 2.24) is 10.4 Å². The van der Waals surface area contributed by atoms with E-state index < -0.39 is 0 Å². The summed E-state index contributed by atoms with van der Waals surface area (Å²) in [5, 5.41) is 1.09. The van der Waals surface area contributed by atoms with Crippen LogP contribution in [0.15, 0.2) is 12.3 Å². The molecular formula is C10H15Cl2N3. The molecule has 1 heterocycles. The quantitative estimate of drug-likeness (QED) is 0.621. The Morgan fingerprint density at radius 3 is 2.80 bits per heavy atom. The van der Waals surface area contributed by atoms with E-state index in [1.54, 1.807) is 12.3 Å². The molecule has 0 bridgehead atoms. The minimum Gasteiger partial charge on any atom is -0.271 e. The van der Waals surface area contributed by atoms with E-state index in [1.165, 1.54) is 0 Å². The first-order chi connectivity index (χ1) is 7.19. The summed E-state index contributed by atoms with van der Waals surface area (Å²) >= 11 is 11.8. The first-order valence-electron chi connectivity index (χ1n) is 4.96. The molecule has 1 aromatic rings. The number of unbranched alkanes of at least 4 members (excludes halogenated alkanes) is 1. The van der Waals surface area contributed by atoms with Crippen molar-refractivity contribution >= 4 is 23.2 Å². The molecule has 1 unspecified atom stereocenters. The zero-order valence-corrected chi connectivity index (χ0v) is 10.1. The third kappa shape index (κ3) is 3.61. The molecule has 0 aliphatic heterocycles. The number of hydrazine groups is 1. The van der Waals surface area contributed by atoms with Crippen molar-refractivity contribution in [1.29, 1.82) is 0 Å². The first-order valence-corrected chi connectivity index (χ1v) is 5.71. The molecule has 0 aromatic carbocycles. The van der Waals surface area contributed by atoms with E-state index in [0.29, 0.717) is 10.0 Å². The lowest BCUT2D eigenvalue weighted by molar-refractivity contribution is 0.485.